The Morgan fingerprint density at radius 3 is 2.88 bits per heavy atom. The molecule has 0 radical (unpaired) electrons. The fourth-order valence-corrected chi connectivity index (χ4v) is 3.29. The summed E-state index contributed by atoms with van der Waals surface area (Å²) in [5.41, 5.74) is 2.32. The summed E-state index contributed by atoms with van der Waals surface area (Å²) >= 11 is 0. The SMILES string of the molecule is Cc1ccc(-c2cc(CN3CCC(O)(Cn4ccnn4)C3)on2)cc1. The molecule has 7 nitrogen and oxygen atoms in total. The Kier molecular flexibility index (Phi) is 4.10. The molecule has 0 amide bonds. The van der Waals surface area contributed by atoms with Gasteiger partial charge in [0.05, 0.1) is 24.9 Å². The van der Waals surface area contributed by atoms with Crippen molar-refractivity contribution in [2.24, 2.45) is 0 Å². The van der Waals surface area contributed by atoms with Crippen LogP contribution in [-0.4, -0.2) is 48.8 Å². The second-order valence-electron chi connectivity index (χ2n) is 6.83. The van der Waals surface area contributed by atoms with Gasteiger partial charge in [-0.2, -0.15) is 0 Å². The van der Waals surface area contributed by atoms with Crippen molar-refractivity contribution < 1.29 is 9.63 Å². The first-order valence-electron chi connectivity index (χ1n) is 8.41. The van der Waals surface area contributed by atoms with Crippen LogP contribution in [0.5, 0.6) is 0 Å². The summed E-state index contributed by atoms with van der Waals surface area (Å²) in [6.07, 6.45) is 4.09. The van der Waals surface area contributed by atoms with Crippen LogP contribution in [0.2, 0.25) is 0 Å². The van der Waals surface area contributed by atoms with Crippen LogP contribution in [0.3, 0.4) is 0 Å². The van der Waals surface area contributed by atoms with Crippen LogP contribution in [0.1, 0.15) is 17.7 Å². The van der Waals surface area contributed by atoms with Crippen molar-refractivity contribution in [1.29, 1.82) is 0 Å². The summed E-state index contributed by atoms with van der Waals surface area (Å²) in [6, 6.07) is 10.2. The van der Waals surface area contributed by atoms with Gasteiger partial charge in [-0.15, -0.1) is 5.10 Å². The summed E-state index contributed by atoms with van der Waals surface area (Å²) in [5, 5.41) is 22.6. The fourth-order valence-electron chi connectivity index (χ4n) is 3.29. The lowest BCUT2D eigenvalue weighted by Gasteiger charge is -2.22. The zero-order chi connectivity index (χ0) is 17.3. The second kappa shape index (κ2) is 6.42. The predicted octanol–water partition coefficient (Wildman–Crippen LogP) is 1.88. The summed E-state index contributed by atoms with van der Waals surface area (Å²) in [5.74, 6) is 0.806. The largest absolute Gasteiger partial charge is 0.387 e. The molecule has 1 saturated heterocycles. The van der Waals surface area contributed by atoms with Gasteiger partial charge in [-0.25, -0.2) is 4.68 Å². The minimum absolute atomic E-state index is 0.453. The minimum atomic E-state index is -0.784. The van der Waals surface area contributed by atoms with Crippen LogP contribution in [-0.2, 0) is 13.1 Å². The van der Waals surface area contributed by atoms with Crippen LogP contribution in [0.15, 0.2) is 47.2 Å². The highest BCUT2D eigenvalue weighted by molar-refractivity contribution is 5.59. The summed E-state index contributed by atoms with van der Waals surface area (Å²) < 4.78 is 7.16. The molecule has 1 unspecified atom stereocenters. The predicted molar refractivity (Wildman–Crippen MR) is 91.5 cm³/mol. The van der Waals surface area contributed by atoms with Crippen molar-refractivity contribution in [3.05, 3.63) is 54.0 Å². The van der Waals surface area contributed by atoms with Gasteiger partial charge in [0.25, 0.3) is 0 Å². The van der Waals surface area contributed by atoms with Gasteiger partial charge in [0.2, 0.25) is 0 Å². The fraction of sp³-hybridized carbons (Fsp3) is 0.389. The molecular formula is C18H21N5O2. The van der Waals surface area contributed by atoms with E-state index in [1.165, 1.54) is 5.56 Å². The van der Waals surface area contributed by atoms with Gasteiger partial charge in [-0.1, -0.05) is 40.2 Å². The average Bonchev–Trinajstić information content (AvgIpc) is 3.32. The summed E-state index contributed by atoms with van der Waals surface area (Å²) in [4.78, 5) is 2.18. The highest BCUT2D eigenvalue weighted by Crippen LogP contribution is 2.26. The number of hydrogen-bond acceptors (Lipinski definition) is 6. The van der Waals surface area contributed by atoms with E-state index in [0.717, 1.165) is 23.6 Å². The lowest BCUT2D eigenvalue weighted by Crippen LogP contribution is -2.37. The molecule has 3 aromatic rings. The van der Waals surface area contributed by atoms with E-state index in [2.05, 4.69) is 39.4 Å². The smallest absolute Gasteiger partial charge is 0.151 e. The van der Waals surface area contributed by atoms with E-state index in [0.29, 0.717) is 26.1 Å². The monoisotopic (exact) mass is 339 g/mol. The number of aryl methyl sites for hydroxylation is 1. The molecule has 1 N–H and O–H groups in total. The number of rotatable bonds is 5. The number of nitrogens with zero attached hydrogens (tertiary/aromatic N) is 5. The maximum atomic E-state index is 10.7. The Balaban J connectivity index is 1.39. The topological polar surface area (TPSA) is 80.2 Å². The summed E-state index contributed by atoms with van der Waals surface area (Å²) in [7, 11) is 0. The molecule has 25 heavy (non-hydrogen) atoms. The zero-order valence-electron chi connectivity index (χ0n) is 14.2. The van der Waals surface area contributed by atoms with Gasteiger partial charge in [-0.3, -0.25) is 4.90 Å². The van der Waals surface area contributed by atoms with Crippen molar-refractivity contribution >= 4 is 0 Å². The molecule has 4 rings (SSSR count). The Hall–Kier alpha value is -2.51. The molecule has 0 aliphatic carbocycles. The molecule has 1 fully saturated rings. The van der Waals surface area contributed by atoms with E-state index in [1.54, 1.807) is 17.1 Å². The van der Waals surface area contributed by atoms with Crippen LogP contribution in [0, 0.1) is 6.92 Å². The van der Waals surface area contributed by atoms with E-state index >= 15 is 0 Å². The Morgan fingerprint density at radius 2 is 2.12 bits per heavy atom. The molecular weight excluding hydrogens is 318 g/mol. The van der Waals surface area contributed by atoms with Gasteiger partial charge in [-0.05, 0) is 13.3 Å². The molecule has 1 aliphatic heterocycles. The Morgan fingerprint density at radius 1 is 1.28 bits per heavy atom. The summed E-state index contributed by atoms with van der Waals surface area (Å²) in [6.45, 7) is 4.54. The molecule has 1 aliphatic rings. The Labute approximate surface area is 145 Å². The van der Waals surface area contributed by atoms with E-state index < -0.39 is 5.60 Å². The van der Waals surface area contributed by atoms with Crippen molar-refractivity contribution in [3.63, 3.8) is 0 Å². The van der Waals surface area contributed by atoms with E-state index in [9.17, 15) is 5.11 Å². The van der Waals surface area contributed by atoms with Gasteiger partial charge >= 0.3 is 0 Å². The van der Waals surface area contributed by atoms with E-state index in [-0.39, 0.29) is 0 Å². The van der Waals surface area contributed by atoms with Crippen LogP contribution >= 0.6 is 0 Å². The third kappa shape index (κ3) is 3.62. The van der Waals surface area contributed by atoms with E-state index in [4.69, 9.17) is 4.52 Å². The molecule has 130 valence electrons. The standard InChI is InChI=1S/C18H21N5O2/c1-14-2-4-15(5-3-14)17-10-16(25-20-17)11-22-8-6-18(24,12-22)13-23-9-7-19-21-23/h2-5,7,9-10,24H,6,8,11-13H2,1H3. The molecule has 0 bridgehead atoms. The number of likely N-dealkylation sites (tertiary alicyclic amines) is 1. The number of aromatic nitrogens is 4. The quantitative estimate of drug-likeness (QED) is 0.764. The third-order valence-corrected chi connectivity index (χ3v) is 4.63. The maximum absolute atomic E-state index is 10.7. The van der Waals surface area contributed by atoms with Crippen LogP contribution in [0.25, 0.3) is 11.3 Å². The van der Waals surface area contributed by atoms with E-state index in [1.807, 2.05) is 18.2 Å². The molecule has 1 aromatic carbocycles. The molecule has 3 heterocycles. The molecule has 2 aromatic heterocycles. The highest BCUT2D eigenvalue weighted by atomic mass is 16.5. The van der Waals surface area contributed by atoms with Gasteiger partial charge in [0, 0.05) is 30.9 Å². The highest BCUT2D eigenvalue weighted by Gasteiger charge is 2.37. The van der Waals surface area contributed by atoms with Crippen molar-refractivity contribution in [2.45, 2.75) is 32.0 Å². The van der Waals surface area contributed by atoms with Gasteiger partial charge < -0.3 is 9.63 Å². The Bertz CT molecular complexity index is 828. The van der Waals surface area contributed by atoms with Crippen molar-refractivity contribution in [2.75, 3.05) is 13.1 Å². The van der Waals surface area contributed by atoms with Crippen LogP contribution in [0.4, 0.5) is 0 Å². The minimum Gasteiger partial charge on any atom is -0.387 e. The first-order chi connectivity index (χ1) is 12.1. The number of β-amino-alcohol motifs (C(OH)–C–C–N with tert-alkyl or cyclic N) is 1. The number of aliphatic hydroxyl groups is 1. The van der Waals surface area contributed by atoms with Crippen LogP contribution < -0.4 is 0 Å². The zero-order valence-corrected chi connectivity index (χ0v) is 14.2. The maximum Gasteiger partial charge on any atom is 0.151 e. The van der Waals surface area contributed by atoms with Crippen molar-refractivity contribution in [3.8, 4) is 11.3 Å². The first kappa shape index (κ1) is 16.0. The van der Waals surface area contributed by atoms with Gasteiger partial charge in [0.1, 0.15) is 5.69 Å². The van der Waals surface area contributed by atoms with Crippen molar-refractivity contribution in [1.82, 2.24) is 25.1 Å². The lowest BCUT2D eigenvalue weighted by molar-refractivity contribution is 0.0267. The molecule has 0 spiro atoms. The first-order valence-corrected chi connectivity index (χ1v) is 8.41. The average molecular weight is 339 g/mol. The second-order valence-corrected chi connectivity index (χ2v) is 6.83. The number of benzene rings is 1. The normalized spacial score (nSPS) is 21.0. The molecule has 1 atom stereocenters. The third-order valence-electron chi connectivity index (χ3n) is 4.63. The molecule has 7 heteroatoms. The lowest BCUT2D eigenvalue weighted by atomic mass is 10.0. The van der Waals surface area contributed by atoms with Gasteiger partial charge in [0.15, 0.2) is 5.76 Å². The molecule has 0 saturated carbocycles. The number of hydrogen-bond donors (Lipinski definition) is 1.